The minimum Gasteiger partial charge on any atom is -0.337 e. The van der Waals surface area contributed by atoms with Crippen molar-refractivity contribution in [2.45, 2.75) is 40.7 Å². The van der Waals surface area contributed by atoms with E-state index in [0.717, 1.165) is 23.2 Å². The van der Waals surface area contributed by atoms with Crippen LogP contribution in [0, 0.1) is 13.8 Å². The Balaban J connectivity index is 1.90. The molecule has 0 spiro atoms. The first-order valence-corrected chi connectivity index (χ1v) is 9.03. The van der Waals surface area contributed by atoms with E-state index in [1.54, 1.807) is 11.8 Å². The molecule has 0 saturated heterocycles. The second-order valence-electron chi connectivity index (χ2n) is 6.28. The van der Waals surface area contributed by atoms with Crippen molar-refractivity contribution in [1.29, 1.82) is 0 Å². The molecule has 0 N–H and O–H groups in total. The molecular weight excluding hydrogens is 342 g/mol. The lowest BCUT2D eigenvalue weighted by molar-refractivity contribution is 0.0734. The van der Waals surface area contributed by atoms with Crippen molar-refractivity contribution >= 4 is 5.91 Å². The summed E-state index contributed by atoms with van der Waals surface area (Å²) in [6.07, 6.45) is 2.67. The maximum Gasteiger partial charge on any atom is 0.254 e. The fourth-order valence-corrected chi connectivity index (χ4v) is 2.88. The van der Waals surface area contributed by atoms with E-state index in [1.165, 1.54) is 0 Å². The topological polar surface area (TPSA) is 85.0 Å². The van der Waals surface area contributed by atoms with Crippen molar-refractivity contribution in [1.82, 2.24) is 25.0 Å². The van der Waals surface area contributed by atoms with E-state index in [-0.39, 0.29) is 12.5 Å². The molecule has 0 aliphatic carbocycles. The number of aryl methyl sites for hydroxylation is 3. The number of carbonyl (C=O) groups is 1. The summed E-state index contributed by atoms with van der Waals surface area (Å²) < 4.78 is 5.15. The number of aromatic nitrogens is 4. The quantitative estimate of drug-likeness (QED) is 0.666. The Labute approximate surface area is 158 Å². The van der Waals surface area contributed by atoms with Gasteiger partial charge in [-0.1, -0.05) is 24.2 Å². The highest BCUT2D eigenvalue weighted by Gasteiger charge is 2.18. The van der Waals surface area contributed by atoms with Gasteiger partial charge in [-0.2, -0.15) is 4.98 Å². The Hall–Kier alpha value is -3.09. The second-order valence-corrected chi connectivity index (χ2v) is 6.28. The highest BCUT2D eigenvalue weighted by molar-refractivity contribution is 5.95. The molecule has 0 aliphatic rings. The van der Waals surface area contributed by atoms with Crippen molar-refractivity contribution in [3.63, 3.8) is 0 Å². The largest absolute Gasteiger partial charge is 0.337 e. The maximum atomic E-state index is 13.0. The Morgan fingerprint density at radius 2 is 1.96 bits per heavy atom. The van der Waals surface area contributed by atoms with Gasteiger partial charge < -0.3 is 9.42 Å². The Morgan fingerprint density at radius 1 is 1.15 bits per heavy atom. The standard InChI is InChI=1S/C20H23N5O2/c1-5-15-11-21-13(3)23-19(15)16-8-7-9-17(10-16)20(26)25(6-2)12-18-22-14(4)24-27-18/h7-11H,5-6,12H2,1-4H3. The predicted octanol–water partition coefficient (Wildman–Crippen LogP) is 3.37. The molecular formula is C20H23N5O2. The molecule has 0 fully saturated rings. The molecule has 0 radical (unpaired) electrons. The molecule has 3 rings (SSSR count). The van der Waals surface area contributed by atoms with Crippen molar-refractivity contribution in [2.24, 2.45) is 0 Å². The van der Waals surface area contributed by atoms with Gasteiger partial charge in [-0.15, -0.1) is 0 Å². The van der Waals surface area contributed by atoms with Gasteiger partial charge in [0.2, 0.25) is 5.89 Å². The molecule has 1 aromatic carbocycles. The van der Waals surface area contributed by atoms with Gasteiger partial charge in [-0.25, -0.2) is 9.97 Å². The smallest absolute Gasteiger partial charge is 0.254 e. The lowest BCUT2D eigenvalue weighted by Crippen LogP contribution is -2.30. The van der Waals surface area contributed by atoms with Crippen LogP contribution >= 0.6 is 0 Å². The molecule has 27 heavy (non-hydrogen) atoms. The van der Waals surface area contributed by atoms with Gasteiger partial charge in [0.1, 0.15) is 12.4 Å². The molecule has 7 heteroatoms. The number of hydrogen-bond acceptors (Lipinski definition) is 6. The lowest BCUT2D eigenvalue weighted by atomic mass is 10.0. The summed E-state index contributed by atoms with van der Waals surface area (Å²) in [7, 11) is 0. The van der Waals surface area contributed by atoms with E-state index < -0.39 is 0 Å². The molecule has 3 aromatic rings. The predicted molar refractivity (Wildman–Crippen MR) is 101 cm³/mol. The Morgan fingerprint density at radius 3 is 2.63 bits per heavy atom. The van der Waals surface area contributed by atoms with E-state index >= 15 is 0 Å². The van der Waals surface area contributed by atoms with Crippen molar-refractivity contribution in [2.75, 3.05) is 6.54 Å². The number of rotatable bonds is 6. The summed E-state index contributed by atoms with van der Waals surface area (Å²) in [5, 5.41) is 3.78. The molecule has 0 aliphatic heterocycles. The van der Waals surface area contributed by atoms with Crippen LogP contribution in [0.3, 0.4) is 0 Å². The SMILES string of the molecule is CCc1cnc(C)nc1-c1cccc(C(=O)N(CC)Cc2nc(C)no2)c1. The van der Waals surface area contributed by atoms with E-state index in [4.69, 9.17) is 4.52 Å². The van der Waals surface area contributed by atoms with Crippen LogP contribution in [0.4, 0.5) is 0 Å². The van der Waals surface area contributed by atoms with Crippen LogP contribution in [0.5, 0.6) is 0 Å². The van der Waals surface area contributed by atoms with Gasteiger partial charge in [0.05, 0.1) is 5.69 Å². The van der Waals surface area contributed by atoms with Crippen LogP contribution in [-0.2, 0) is 13.0 Å². The molecule has 2 aromatic heterocycles. The van der Waals surface area contributed by atoms with Crippen LogP contribution < -0.4 is 0 Å². The van der Waals surface area contributed by atoms with Crippen molar-refractivity contribution < 1.29 is 9.32 Å². The average molecular weight is 365 g/mol. The number of carbonyl (C=O) groups excluding carboxylic acids is 1. The molecule has 0 unspecified atom stereocenters. The third-order valence-corrected chi connectivity index (χ3v) is 4.31. The summed E-state index contributed by atoms with van der Waals surface area (Å²) in [5.74, 6) is 1.61. The fourth-order valence-electron chi connectivity index (χ4n) is 2.88. The Bertz CT molecular complexity index is 951. The van der Waals surface area contributed by atoms with Gasteiger partial charge in [0.15, 0.2) is 5.82 Å². The van der Waals surface area contributed by atoms with E-state index in [2.05, 4.69) is 27.0 Å². The highest BCUT2D eigenvalue weighted by Crippen LogP contribution is 2.23. The zero-order chi connectivity index (χ0) is 19.4. The van der Waals surface area contributed by atoms with Gasteiger partial charge >= 0.3 is 0 Å². The average Bonchev–Trinajstić information content (AvgIpc) is 3.10. The number of benzene rings is 1. The summed E-state index contributed by atoms with van der Waals surface area (Å²) in [6, 6.07) is 7.54. The van der Waals surface area contributed by atoms with Crippen LogP contribution in [-0.4, -0.2) is 37.5 Å². The normalized spacial score (nSPS) is 10.8. The fraction of sp³-hybridized carbons (Fsp3) is 0.350. The third kappa shape index (κ3) is 4.19. The zero-order valence-corrected chi connectivity index (χ0v) is 16.1. The summed E-state index contributed by atoms with van der Waals surface area (Å²) in [6.45, 7) is 8.43. The first-order valence-electron chi connectivity index (χ1n) is 9.03. The molecule has 7 nitrogen and oxygen atoms in total. The van der Waals surface area contributed by atoms with Gasteiger partial charge in [-0.3, -0.25) is 4.79 Å². The minimum atomic E-state index is -0.0842. The maximum absolute atomic E-state index is 13.0. The summed E-state index contributed by atoms with van der Waals surface area (Å²) in [4.78, 5) is 27.7. The van der Waals surface area contributed by atoms with Gasteiger partial charge in [0.25, 0.3) is 5.91 Å². The number of amides is 1. The molecule has 140 valence electrons. The second kappa shape index (κ2) is 8.07. The lowest BCUT2D eigenvalue weighted by Gasteiger charge is -2.19. The number of nitrogens with zero attached hydrogens (tertiary/aromatic N) is 5. The van der Waals surface area contributed by atoms with E-state index in [0.29, 0.717) is 29.6 Å². The van der Waals surface area contributed by atoms with Crippen LogP contribution in [0.25, 0.3) is 11.3 Å². The molecule has 0 saturated carbocycles. The minimum absolute atomic E-state index is 0.0842. The first kappa shape index (κ1) is 18.7. The van der Waals surface area contributed by atoms with Crippen molar-refractivity contribution in [3.05, 3.63) is 59.1 Å². The van der Waals surface area contributed by atoms with E-state index in [9.17, 15) is 4.79 Å². The summed E-state index contributed by atoms with van der Waals surface area (Å²) >= 11 is 0. The van der Waals surface area contributed by atoms with Crippen molar-refractivity contribution in [3.8, 4) is 11.3 Å². The molecule has 0 bridgehead atoms. The highest BCUT2D eigenvalue weighted by atomic mass is 16.5. The summed E-state index contributed by atoms with van der Waals surface area (Å²) in [5.41, 5.74) is 3.44. The van der Waals surface area contributed by atoms with E-state index in [1.807, 2.05) is 44.3 Å². The molecule has 0 atom stereocenters. The molecule has 1 amide bonds. The van der Waals surface area contributed by atoms with Gasteiger partial charge in [-0.05, 0) is 44.9 Å². The third-order valence-electron chi connectivity index (χ3n) is 4.31. The van der Waals surface area contributed by atoms with Crippen LogP contribution in [0.15, 0.2) is 35.0 Å². The first-order chi connectivity index (χ1) is 13.0. The number of hydrogen-bond donors (Lipinski definition) is 0. The monoisotopic (exact) mass is 365 g/mol. The Kier molecular flexibility index (Phi) is 5.59. The van der Waals surface area contributed by atoms with Crippen LogP contribution in [0.2, 0.25) is 0 Å². The van der Waals surface area contributed by atoms with Gasteiger partial charge in [0, 0.05) is 23.9 Å². The zero-order valence-electron chi connectivity index (χ0n) is 16.1. The van der Waals surface area contributed by atoms with Crippen LogP contribution in [0.1, 0.15) is 47.3 Å². The molecule has 2 heterocycles.